The lowest BCUT2D eigenvalue weighted by Crippen LogP contribution is -2.19. The highest BCUT2D eigenvalue weighted by molar-refractivity contribution is 6.48. The number of nitro benzene ring substituents is 1. The van der Waals surface area contributed by atoms with Gasteiger partial charge in [-0.2, -0.15) is 0 Å². The molecule has 6 nitrogen and oxygen atoms in total. The van der Waals surface area contributed by atoms with Gasteiger partial charge in [-0.1, -0.05) is 46.4 Å². The summed E-state index contributed by atoms with van der Waals surface area (Å²) in [6, 6.07) is 6.07. The highest BCUT2D eigenvalue weighted by atomic mass is 35.5. The summed E-state index contributed by atoms with van der Waals surface area (Å²) in [4.78, 5) is 22.1. The maximum Gasteiger partial charge on any atom is 0.323 e. The molecular formula is C13H7Cl4N3O3. The average molecular weight is 395 g/mol. The summed E-state index contributed by atoms with van der Waals surface area (Å²) in [7, 11) is 0. The molecule has 0 fully saturated rings. The third-order valence-electron chi connectivity index (χ3n) is 2.64. The van der Waals surface area contributed by atoms with Gasteiger partial charge in [-0.25, -0.2) is 4.79 Å². The van der Waals surface area contributed by atoms with Crippen LogP contribution in [-0.4, -0.2) is 11.0 Å². The lowest BCUT2D eigenvalue weighted by atomic mass is 10.3. The van der Waals surface area contributed by atoms with Crippen LogP contribution in [0.25, 0.3) is 0 Å². The van der Waals surface area contributed by atoms with Crippen molar-refractivity contribution in [1.29, 1.82) is 0 Å². The van der Waals surface area contributed by atoms with E-state index in [9.17, 15) is 14.9 Å². The molecule has 0 spiro atoms. The molecule has 10 heteroatoms. The van der Waals surface area contributed by atoms with Crippen molar-refractivity contribution >= 4 is 69.5 Å². The summed E-state index contributed by atoms with van der Waals surface area (Å²) in [5.74, 6) is 0. The number of nitrogens with zero attached hydrogens (tertiary/aromatic N) is 1. The Bertz CT molecular complexity index is 775. The van der Waals surface area contributed by atoms with Crippen LogP contribution >= 0.6 is 46.4 Å². The molecule has 2 aromatic carbocycles. The smallest absolute Gasteiger partial charge is 0.308 e. The van der Waals surface area contributed by atoms with Gasteiger partial charge in [-0.15, -0.1) is 0 Å². The second-order valence-corrected chi connectivity index (χ2v) is 5.86. The van der Waals surface area contributed by atoms with Gasteiger partial charge in [0.05, 0.1) is 20.0 Å². The van der Waals surface area contributed by atoms with Crippen molar-refractivity contribution < 1.29 is 9.72 Å². The Labute approximate surface area is 150 Å². The molecule has 2 amide bonds. The monoisotopic (exact) mass is 393 g/mol. The van der Waals surface area contributed by atoms with Gasteiger partial charge in [0.2, 0.25) is 0 Å². The van der Waals surface area contributed by atoms with Crippen LogP contribution in [0.5, 0.6) is 0 Å². The molecule has 0 radical (unpaired) electrons. The summed E-state index contributed by atoms with van der Waals surface area (Å²) in [6.07, 6.45) is 0. The van der Waals surface area contributed by atoms with Crippen molar-refractivity contribution in [2.24, 2.45) is 0 Å². The van der Waals surface area contributed by atoms with E-state index in [1.54, 1.807) is 0 Å². The van der Waals surface area contributed by atoms with Crippen molar-refractivity contribution in [3.05, 3.63) is 60.5 Å². The molecule has 0 aliphatic heterocycles. The van der Waals surface area contributed by atoms with E-state index in [4.69, 9.17) is 46.4 Å². The number of amides is 2. The number of urea groups is 1. The standard InChI is InChI=1S/C13H7Cl4N3O3/c14-8-2-1-6(5-11(8)20(22)23)18-13(21)19-7-3-9(15)12(17)10(16)4-7/h1-5H,(H2,18,19,21). The molecule has 0 saturated heterocycles. The van der Waals surface area contributed by atoms with Crippen molar-refractivity contribution in [2.75, 3.05) is 10.6 Å². The molecule has 2 N–H and O–H groups in total. The predicted octanol–water partition coefficient (Wildman–Crippen LogP) is 5.85. The first kappa shape index (κ1) is 17.6. The molecule has 2 aromatic rings. The van der Waals surface area contributed by atoms with E-state index in [1.165, 1.54) is 24.3 Å². The van der Waals surface area contributed by atoms with Gasteiger partial charge in [-0.05, 0) is 24.3 Å². The number of rotatable bonds is 3. The Balaban J connectivity index is 2.14. The minimum absolute atomic E-state index is 0.0303. The Hall–Kier alpha value is -1.73. The van der Waals surface area contributed by atoms with E-state index in [0.29, 0.717) is 5.69 Å². The van der Waals surface area contributed by atoms with Gasteiger partial charge in [-0.3, -0.25) is 10.1 Å². The van der Waals surface area contributed by atoms with Crippen molar-refractivity contribution in [1.82, 2.24) is 0 Å². The van der Waals surface area contributed by atoms with Crippen molar-refractivity contribution in [2.45, 2.75) is 0 Å². The van der Waals surface area contributed by atoms with Crippen LogP contribution in [0.2, 0.25) is 20.1 Å². The number of hydrogen-bond donors (Lipinski definition) is 2. The lowest BCUT2D eigenvalue weighted by molar-refractivity contribution is -0.384. The summed E-state index contributed by atoms with van der Waals surface area (Å²) < 4.78 is 0. The van der Waals surface area contributed by atoms with Crippen molar-refractivity contribution in [3.63, 3.8) is 0 Å². The zero-order chi connectivity index (χ0) is 17.1. The molecule has 0 aliphatic rings. The zero-order valence-electron chi connectivity index (χ0n) is 11.1. The minimum Gasteiger partial charge on any atom is -0.308 e. The van der Waals surface area contributed by atoms with E-state index in [1.807, 2.05) is 0 Å². The number of halogens is 4. The van der Waals surface area contributed by atoms with Crippen LogP contribution in [0.15, 0.2) is 30.3 Å². The first-order chi connectivity index (χ1) is 10.8. The SMILES string of the molecule is O=C(Nc1cc(Cl)c(Cl)c(Cl)c1)Nc1ccc(Cl)c([N+](=O)[O-])c1. The summed E-state index contributed by atoms with van der Waals surface area (Å²) >= 11 is 23.2. The third-order valence-corrected chi connectivity index (χ3v) is 4.16. The van der Waals surface area contributed by atoms with Crippen LogP contribution in [-0.2, 0) is 0 Å². The minimum atomic E-state index is -0.649. The van der Waals surface area contributed by atoms with E-state index in [2.05, 4.69) is 10.6 Å². The number of benzene rings is 2. The van der Waals surface area contributed by atoms with Gasteiger partial charge in [0, 0.05) is 17.4 Å². The Morgan fingerprint density at radius 1 is 0.913 bits per heavy atom. The van der Waals surface area contributed by atoms with Crippen LogP contribution in [0.3, 0.4) is 0 Å². The second-order valence-electron chi connectivity index (χ2n) is 4.26. The topological polar surface area (TPSA) is 84.3 Å². The molecule has 2 rings (SSSR count). The number of carbonyl (C=O) groups excluding carboxylic acids is 1. The molecule has 0 bridgehead atoms. The predicted molar refractivity (Wildman–Crippen MR) is 92.2 cm³/mol. The largest absolute Gasteiger partial charge is 0.323 e. The first-order valence-electron chi connectivity index (χ1n) is 5.94. The molecule has 120 valence electrons. The third kappa shape index (κ3) is 4.39. The fourth-order valence-electron chi connectivity index (χ4n) is 1.65. The van der Waals surface area contributed by atoms with E-state index < -0.39 is 11.0 Å². The summed E-state index contributed by atoms with van der Waals surface area (Å²) in [5, 5.41) is 16.2. The van der Waals surface area contributed by atoms with Gasteiger partial charge >= 0.3 is 6.03 Å². The van der Waals surface area contributed by atoms with Crippen LogP contribution in [0.1, 0.15) is 0 Å². The lowest BCUT2D eigenvalue weighted by Gasteiger charge is -2.09. The molecule has 0 aliphatic carbocycles. The number of anilines is 2. The van der Waals surface area contributed by atoms with Crippen LogP contribution in [0.4, 0.5) is 21.9 Å². The molecule has 0 unspecified atom stereocenters. The van der Waals surface area contributed by atoms with Gasteiger partial charge < -0.3 is 10.6 Å². The normalized spacial score (nSPS) is 10.3. The van der Waals surface area contributed by atoms with Crippen molar-refractivity contribution in [3.8, 4) is 0 Å². The first-order valence-corrected chi connectivity index (χ1v) is 7.45. The van der Waals surface area contributed by atoms with Gasteiger partial charge in [0.1, 0.15) is 5.02 Å². The van der Waals surface area contributed by atoms with Gasteiger partial charge in [0.25, 0.3) is 5.69 Å². The molecule has 0 atom stereocenters. The second kappa shape index (κ2) is 7.23. The highest BCUT2D eigenvalue weighted by Crippen LogP contribution is 2.33. The Morgan fingerprint density at radius 3 is 2.04 bits per heavy atom. The molecule has 23 heavy (non-hydrogen) atoms. The fourth-order valence-corrected chi connectivity index (χ4v) is 2.43. The fraction of sp³-hybridized carbons (Fsp3) is 0. The number of nitrogens with one attached hydrogen (secondary N) is 2. The number of hydrogen-bond acceptors (Lipinski definition) is 3. The summed E-state index contributed by atoms with van der Waals surface area (Å²) in [5.41, 5.74) is 0.192. The maximum absolute atomic E-state index is 11.9. The van der Waals surface area contributed by atoms with Crippen LogP contribution < -0.4 is 10.6 Å². The van der Waals surface area contributed by atoms with Crippen LogP contribution in [0, 0.1) is 10.1 Å². The zero-order valence-corrected chi connectivity index (χ0v) is 14.1. The average Bonchev–Trinajstić information content (AvgIpc) is 2.46. The number of nitro groups is 1. The molecule has 0 aromatic heterocycles. The van der Waals surface area contributed by atoms with E-state index >= 15 is 0 Å². The molecular weight excluding hydrogens is 388 g/mol. The quantitative estimate of drug-likeness (QED) is 0.388. The molecule has 0 heterocycles. The van der Waals surface area contributed by atoms with E-state index in [-0.39, 0.29) is 31.5 Å². The Kier molecular flexibility index (Phi) is 5.54. The Morgan fingerprint density at radius 2 is 1.48 bits per heavy atom. The highest BCUT2D eigenvalue weighted by Gasteiger charge is 2.14. The summed E-state index contributed by atoms with van der Waals surface area (Å²) in [6.45, 7) is 0. The molecule has 0 saturated carbocycles. The number of carbonyl (C=O) groups is 1. The maximum atomic E-state index is 11.9. The van der Waals surface area contributed by atoms with E-state index in [0.717, 1.165) is 6.07 Å². The van der Waals surface area contributed by atoms with Gasteiger partial charge in [0.15, 0.2) is 0 Å².